The zero-order valence-corrected chi connectivity index (χ0v) is 12.8. The summed E-state index contributed by atoms with van der Waals surface area (Å²) in [5.41, 5.74) is 1.49. The van der Waals surface area contributed by atoms with Crippen molar-refractivity contribution in [3.05, 3.63) is 35.6 Å². The van der Waals surface area contributed by atoms with Gasteiger partial charge in [-0.05, 0) is 60.3 Å². The second kappa shape index (κ2) is 4.74. The van der Waals surface area contributed by atoms with Gasteiger partial charge in [-0.25, -0.2) is 0 Å². The molecule has 0 spiro atoms. The van der Waals surface area contributed by atoms with Crippen LogP contribution in [0.25, 0.3) is 0 Å². The first-order valence-electron chi connectivity index (χ1n) is 8.53. The third-order valence-electron chi connectivity index (χ3n) is 7.11. The number of aliphatic hydroxyl groups is 2. The molecule has 0 aromatic heterocycles. The van der Waals surface area contributed by atoms with E-state index in [9.17, 15) is 10.2 Å². The van der Waals surface area contributed by atoms with Crippen molar-refractivity contribution < 1.29 is 10.2 Å². The summed E-state index contributed by atoms with van der Waals surface area (Å²) < 4.78 is 0. The molecule has 0 aromatic carbocycles. The van der Waals surface area contributed by atoms with E-state index in [1.165, 1.54) is 31.3 Å². The van der Waals surface area contributed by atoms with Crippen LogP contribution in [0.2, 0.25) is 0 Å². The van der Waals surface area contributed by atoms with Crippen LogP contribution in [0.1, 0.15) is 39.0 Å². The van der Waals surface area contributed by atoms with Gasteiger partial charge in [-0.15, -0.1) is 0 Å². The fourth-order valence-electron chi connectivity index (χ4n) is 5.86. The molecule has 6 atom stereocenters. The highest BCUT2D eigenvalue weighted by Gasteiger charge is 2.54. The lowest BCUT2D eigenvalue weighted by molar-refractivity contribution is 0.00346. The average Bonchev–Trinajstić information content (AvgIpc) is 2.84. The van der Waals surface area contributed by atoms with Crippen molar-refractivity contribution >= 4 is 0 Å². The van der Waals surface area contributed by atoms with Crippen LogP contribution in [-0.2, 0) is 0 Å². The molecule has 4 rings (SSSR count). The smallest absolute Gasteiger partial charge is 0.0998 e. The van der Waals surface area contributed by atoms with Crippen molar-refractivity contribution in [2.24, 2.45) is 35.0 Å². The maximum atomic E-state index is 10.2. The minimum absolute atomic E-state index is 0.321. The molecule has 0 amide bonds. The van der Waals surface area contributed by atoms with Gasteiger partial charge in [0, 0.05) is 18.9 Å². The first-order chi connectivity index (χ1) is 10.1. The fourth-order valence-corrected chi connectivity index (χ4v) is 5.86. The van der Waals surface area contributed by atoms with Crippen LogP contribution in [0.3, 0.4) is 0 Å². The van der Waals surface area contributed by atoms with Crippen LogP contribution >= 0.6 is 0 Å². The van der Waals surface area contributed by atoms with Gasteiger partial charge in [0.1, 0.15) is 0 Å². The van der Waals surface area contributed by atoms with Crippen LogP contribution in [0.4, 0.5) is 0 Å². The van der Waals surface area contributed by atoms with Crippen molar-refractivity contribution in [1.29, 1.82) is 0 Å². The Morgan fingerprint density at radius 3 is 2.90 bits per heavy atom. The van der Waals surface area contributed by atoms with Gasteiger partial charge >= 0.3 is 0 Å². The highest BCUT2D eigenvalue weighted by molar-refractivity contribution is 5.37. The largest absolute Gasteiger partial charge is 0.512 e. The van der Waals surface area contributed by atoms with Gasteiger partial charge in [0.15, 0.2) is 0 Å². The number of hydrogen-bond acceptors (Lipinski definition) is 2. The molecule has 0 bridgehead atoms. The molecule has 0 aromatic rings. The SMILES string of the molecule is C[C@]12CC[C@H]3[C@@H](C=CC4=C(O)CC=C[C@@H]43)[C@@H]1CC[C@H]2CO. The summed E-state index contributed by atoms with van der Waals surface area (Å²) in [4.78, 5) is 0. The highest BCUT2D eigenvalue weighted by atomic mass is 16.3. The van der Waals surface area contributed by atoms with Crippen molar-refractivity contribution in [3.63, 3.8) is 0 Å². The number of aliphatic hydroxyl groups excluding tert-OH is 2. The summed E-state index contributed by atoms with van der Waals surface area (Å²) in [6, 6.07) is 0. The van der Waals surface area contributed by atoms with Crippen molar-refractivity contribution in [2.45, 2.75) is 39.0 Å². The molecule has 0 unspecified atom stereocenters. The molecular weight excluding hydrogens is 260 g/mol. The number of allylic oxidation sites excluding steroid dienone is 5. The third-order valence-corrected chi connectivity index (χ3v) is 7.11. The van der Waals surface area contributed by atoms with E-state index in [4.69, 9.17) is 0 Å². The van der Waals surface area contributed by atoms with E-state index in [2.05, 4.69) is 31.2 Å². The molecule has 0 saturated heterocycles. The van der Waals surface area contributed by atoms with Crippen molar-refractivity contribution in [1.82, 2.24) is 0 Å². The fraction of sp³-hybridized carbons (Fsp3) is 0.684. The lowest BCUT2D eigenvalue weighted by Gasteiger charge is -2.51. The first kappa shape index (κ1) is 13.6. The van der Waals surface area contributed by atoms with Gasteiger partial charge in [-0.3, -0.25) is 0 Å². The van der Waals surface area contributed by atoms with Crippen LogP contribution in [-0.4, -0.2) is 16.8 Å². The van der Waals surface area contributed by atoms with Gasteiger partial charge in [0.05, 0.1) is 5.76 Å². The first-order valence-corrected chi connectivity index (χ1v) is 8.53. The molecule has 2 N–H and O–H groups in total. The van der Waals surface area contributed by atoms with Gasteiger partial charge < -0.3 is 10.2 Å². The Hall–Kier alpha value is -1.02. The second-order valence-corrected chi connectivity index (χ2v) is 7.77. The average molecular weight is 286 g/mol. The summed E-state index contributed by atoms with van der Waals surface area (Å²) in [6.07, 6.45) is 14.6. The van der Waals surface area contributed by atoms with E-state index >= 15 is 0 Å². The maximum Gasteiger partial charge on any atom is 0.0998 e. The third kappa shape index (κ3) is 1.81. The summed E-state index contributed by atoms with van der Waals surface area (Å²) in [6.45, 7) is 2.76. The lowest BCUT2D eigenvalue weighted by Crippen LogP contribution is -2.45. The lowest BCUT2D eigenvalue weighted by atomic mass is 9.53. The van der Waals surface area contributed by atoms with Gasteiger partial charge in [-0.1, -0.05) is 31.2 Å². The van der Waals surface area contributed by atoms with Crippen LogP contribution in [0, 0.1) is 35.0 Å². The second-order valence-electron chi connectivity index (χ2n) is 7.77. The minimum atomic E-state index is 0.321. The molecule has 0 aliphatic heterocycles. The van der Waals surface area contributed by atoms with Gasteiger partial charge in [0.2, 0.25) is 0 Å². The maximum absolute atomic E-state index is 10.2. The minimum Gasteiger partial charge on any atom is -0.512 e. The topological polar surface area (TPSA) is 40.5 Å². The molecule has 2 nitrogen and oxygen atoms in total. The highest BCUT2D eigenvalue weighted by Crippen LogP contribution is 2.62. The molecule has 0 heterocycles. The van der Waals surface area contributed by atoms with E-state index in [0.29, 0.717) is 53.8 Å². The van der Waals surface area contributed by atoms with Crippen LogP contribution in [0.15, 0.2) is 35.6 Å². The Kier molecular flexibility index (Phi) is 3.08. The Bertz CT molecular complexity index is 530. The van der Waals surface area contributed by atoms with Gasteiger partial charge in [0.25, 0.3) is 0 Å². The van der Waals surface area contributed by atoms with E-state index in [-0.39, 0.29) is 0 Å². The Balaban J connectivity index is 1.70. The molecule has 114 valence electrons. The summed E-state index contributed by atoms with van der Waals surface area (Å²) in [5, 5.41) is 19.9. The van der Waals surface area contributed by atoms with Gasteiger partial charge in [-0.2, -0.15) is 0 Å². The predicted molar refractivity (Wildman–Crippen MR) is 83.7 cm³/mol. The zero-order chi connectivity index (χ0) is 14.6. The quantitative estimate of drug-likeness (QED) is 0.715. The zero-order valence-electron chi connectivity index (χ0n) is 12.8. The molecule has 2 fully saturated rings. The number of rotatable bonds is 1. The van der Waals surface area contributed by atoms with E-state index in [1.807, 2.05) is 0 Å². The summed E-state index contributed by atoms with van der Waals surface area (Å²) in [7, 11) is 0. The molecule has 2 heteroatoms. The standard InChI is InChI=1S/C19H26O2/c1-19-10-9-14-13-3-2-4-18(21)16(13)7-6-15(14)17(19)8-5-12(19)11-20/h2-3,6-7,12-15,17,20-21H,4-5,8-11H2,1H3/t12-,13+,14+,15+,17-,19+/m0/s1. The van der Waals surface area contributed by atoms with E-state index in [1.54, 1.807) is 0 Å². The predicted octanol–water partition coefficient (Wildman–Crippen LogP) is 4.00. The molecule has 4 aliphatic carbocycles. The van der Waals surface area contributed by atoms with E-state index in [0.717, 1.165) is 0 Å². The van der Waals surface area contributed by atoms with Crippen molar-refractivity contribution in [2.75, 3.05) is 6.61 Å². The molecule has 21 heavy (non-hydrogen) atoms. The monoisotopic (exact) mass is 286 g/mol. The molecule has 4 aliphatic rings. The molecular formula is C19H26O2. The summed E-state index contributed by atoms with van der Waals surface area (Å²) in [5.74, 6) is 3.48. The molecule has 0 radical (unpaired) electrons. The number of hydrogen-bond donors (Lipinski definition) is 2. The normalized spacial score (nSPS) is 48.0. The van der Waals surface area contributed by atoms with Crippen molar-refractivity contribution in [3.8, 4) is 0 Å². The summed E-state index contributed by atoms with van der Waals surface area (Å²) >= 11 is 0. The van der Waals surface area contributed by atoms with E-state index < -0.39 is 0 Å². The Morgan fingerprint density at radius 1 is 1.24 bits per heavy atom. The van der Waals surface area contributed by atoms with Crippen LogP contribution < -0.4 is 0 Å². The number of fused-ring (bicyclic) bond motifs is 5. The Labute approximate surface area is 127 Å². The Morgan fingerprint density at radius 2 is 2.10 bits per heavy atom. The molecule has 2 saturated carbocycles. The van der Waals surface area contributed by atoms with Crippen LogP contribution in [0.5, 0.6) is 0 Å².